The lowest BCUT2D eigenvalue weighted by atomic mass is 10.1. The van der Waals surface area contributed by atoms with Gasteiger partial charge in [-0.05, 0) is 12.1 Å². The van der Waals surface area contributed by atoms with Gasteiger partial charge in [-0.15, -0.1) is 0 Å². The van der Waals surface area contributed by atoms with Gasteiger partial charge >= 0.3 is 0 Å². The second-order valence-corrected chi connectivity index (χ2v) is 4.08. The second-order valence-electron chi connectivity index (χ2n) is 4.08. The maximum atomic E-state index is 13.4. The Morgan fingerprint density at radius 1 is 1.14 bits per heavy atom. The number of rotatable bonds is 3. The number of phenolic OH excluding ortho intramolecular Hbond substituents is 1. The van der Waals surface area contributed by atoms with Gasteiger partial charge in [-0.25, -0.2) is 13.2 Å². The van der Waals surface area contributed by atoms with Crippen LogP contribution < -0.4 is 10.1 Å². The van der Waals surface area contributed by atoms with E-state index in [9.17, 15) is 23.1 Å². The normalized spacial score (nSPS) is 10.3. The second kappa shape index (κ2) is 5.74. The van der Waals surface area contributed by atoms with E-state index in [1.54, 1.807) is 0 Å². The lowest BCUT2D eigenvalue weighted by molar-refractivity contribution is 0.102. The number of hydrogen-bond donors (Lipinski definition) is 2. The van der Waals surface area contributed by atoms with Crippen molar-refractivity contribution < 1.29 is 27.8 Å². The molecule has 0 saturated heterocycles. The number of nitrogens with one attached hydrogen (secondary N) is 1. The van der Waals surface area contributed by atoms with Crippen molar-refractivity contribution in [2.45, 2.75) is 0 Å². The van der Waals surface area contributed by atoms with E-state index in [-0.39, 0.29) is 5.56 Å². The van der Waals surface area contributed by atoms with Crippen LogP contribution in [0.1, 0.15) is 10.4 Å². The smallest absolute Gasteiger partial charge is 0.259 e. The van der Waals surface area contributed by atoms with Gasteiger partial charge in [-0.2, -0.15) is 0 Å². The zero-order chi connectivity index (χ0) is 15.6. The van der Waals surface area contributed by atoms with Crippen LogP contribution in [0, 0.1) is 17.5 Å². The first-order valence-corrected chi connectivity index (χ1v) is 5.75. The summed E-state index contributed by atoms with van der Waals surface area (Å²) in [4.78, 5) is 11.9. The van der Waals surface area contributed by atoms with Gasteiger partial charge < -0.3 is 15.2 Å². The molecule has 2 rings (SSSR count). The number of anilines is 1. The van der Waals surface area contributed by atoms with Gasteiger partial charge in [0.25, 0.3) is 5.91 Å². The molecule has 21 heavy (non-hydrogen) atoms. The van der Waals surface area contributed by atoms with E-state index < -0.39 is 34.8 Å². The van der Waals surface area contributed by atoms with E-state index >= 15 is 0 Å². The topological polar surface area (TPSA) is 58.6 Å². The molecule has 7 heteroatoms. The van der Waals surface area contributed by atoms with Crippen LogP contribution >= 0.6 is 0 Å². The Labute approximate surface area is 117 Å². The number of halogens is 3. The van der Waals surface area contributed by atoms with Gasteiger partial charge in [-0.1, -0.05) is 0 Å². The number of carbonyl (C=O) groups excluding carboxylic acids is 1. The van der Waals surface area contributed by atoms with E-state index in [1.165, 1.54) is 25.3 Å². The SMILES string of the molecule is COc1ccc(C(=O)Nc2c(F)cc(F)cc2F)c(O)c1. The molecule has 2 aromatic rings. The molecule has 110 valence electrons. The number of amides is 1. The third kappa shape index (κ3) is 3.07. The van der Waals surface area contributed by atoms with Crippen molar-refractivity contribution in [1.82, 2.24) is 0 Å². The van der Waals surface area contributed by atoms with Crippen molar-refractivity contribution >= 4 is 11.6 Å². The van der Waals surface area contributed by atoms with Crippen molar-refractivity contribution in [1.29, 1.82) is 0 Å². The van der Waals surface area contributed by atoms with Crippen LogP contribution in [0.5, 0.6) is 11.5 Å². The predicted octanol–water partition coefficient (Wildman–Crippen LogP) is 3.07. The number of carbonyl (C=O) groups is 1. The average Bonchev–Trinajstić information content (AvgIpc) is 2.42. The zero-order valence-corrected chi connectivity index (χ0v) is 10.8. The van der Waals surface area contributed by atoms with Crippen LogP contribution in [0.15, 0.2) is 30.3 Å². The van der Waals surface area contributed by atoms with Crippen molar-refractivity contribution in [3.63, 3.8) is 0 Å². The molecule has 0 aliphatic heterocycles. The number of methoxy groups -OCH3 is 1. The summed E-state index contributed by atoms with van der Waals surface area (Å²) in [6.07, 6.45) is 0. The summed E-state index contributed by atoms with van der Waals surface area (Å²) in [7, 11) is 1.37. The maximum absolute atomic E-state index is 13.4. The Balaban J connectivity index is 2.30. The van der Waals surface area contributed by atoms with E-state index in [0.29, 0.717) is 17.9 Å². The standard InChI is InChI=1S/C14H10F3NO3/c1-21-8-2-3-9(12(19)6-8)14(20)18-13-10(16)4-7(15)5-11(13)17/h2-6,19H,1H3,(H,18,20). The molecular weight excluding hydrogens is 287 g/mol. The molecule has 4 nitrogen and oxygen atoms in total. The van der Waals surface area contributed by atoms with Crippen LogP contribution in [0.2, 0.25) is 0 Å². The Kier molecular flexibility index (Phi) is 4.02. The van der Waals surface area contributed by atoms with Crippen molar-refractivity contribution in [2.24, 2.45) is 0 Å². The molecule has 0 bridgehead atoms. The van der Waals surface area contributed by atoms with Crippen molar-refractivity contribution in [2.75, 3.05) is 12.4 Å². The maximum Gasteiger partial charge on any atom is 0.259 e. The highest BCUT2D eigenvalue weighted by Crippen LogP contribution is 2.26. The fourth-order valence-corrected chi connectivity index (χ4v) is 1.67. The molecule has 0 saturated carbocycles. The highest BCUT2D eigenvalue weighted by molar-refractivity contribution is 6.06. The lowest BCUT2D eigenvalue weighted by Gasteiger charge is -2.09. The van der Waals surface area contributed by atoms with Gasteiger partial charge in [0.15, 0.2) is 11.6 Å². The van der Waals surface area contributed by atoms with E-state index in [0.717, 1.165) is 0 Å². The molecule has 0 aliphatic rings. The third-order valence-corrected chi connectivity index (χ3v) is 2.69. The fourth-order valence-electron chi connectivity index (χ4n) is 1.67. The first-order chi connectivity index (χ1) is 9.92. The van der Waals surface area contributed by atoms with Crippen LogP contribution in [0.3, 0.4) is 0 Å². The summed E-state index contributed by atoms with van der Waals surface area (Å²) in [6, 6.07) is 4.67. The van der Waals surface area contributed by atoms with Gasteiger partial charge in [0.05, 0.1) is 12.7 Å². The van der Waals surface area contributed by atoms with Gasteiger partial charge in [0, 0.05) is 18.2 Å². The largest absolute Gasteiger partial charge is 0.507 e. The Morgan fingerprint density at radius 3 is 2.29 bits per heavy atom. The highest BCUT2D eigenvalue weighted by Gasteiger charge is 2.17. The molecule has 0 aromatic heterocycles. The summed E-state index contributed by atoms with van der Waals surface area (Å²) in [6.45, 7) is 0. The summed E-state index contributed by atoms with van der Waals surface area (Å²) in [5.74, 6) is -4.67. The Morgan fingerprint density at radius 2 is 1.76 bits per heavy atom. The van der Waals surface area contributed by atoms with Crippen molar-refractivity contribution in [3.05, 3.63) is 53.3 Å². The molecule has 0 atom stereocenters. The lowest BCUT2D eigenvalue weighted by Crippen LogP contribution is -2.14. The molecule has 1 amide bonds. The highest BCUT2D eigenvalue weighted by atomic mass is 19.1. The molecule has 0 heterocycles. The van der Waals surface area contributed by atoms with Crippen molar-refractivity contribution in [3.8, 4) is 11.5 Å². The summed E-state index contributed by atoms with van der Waals surface area (Å²) in [5, 5.41) is 11.6. The van der Waals surface area contributed by atoms with Crippen LogP contribution in [0.25, 0.3) is 0 Å². The molecule has 0 aliphatic carbocycles. The predicted molar refractivity (Wildman–Crippen MR) is 68.9 cm³/mol. The van der Waals surface area contributed by atoms with Crippen LogP contribution in [-0.2, 0) is 0 Å². The summed E-state index contributed by atoms with van der Waals surface area (Å²) >= 11 is 0. The first-order valence-electron chi connectivity index (χ1n) is 5.75. The average molecular weight is 297 g/mol. The molecular formula is C14H10F3NO3. The van der Waals surface area contributed by atoms with E-state index in [1.807, 2.05) is 5.32 Å². The minimum Gasteiger partial charge on any atom is -0.507 e. The number of aromatic hydroxyl groups is 1. The first kappa shape index (κ1) is 14.7. The summed E-state index contributed by atoms with van der Waals surface area (Å²) in [5.41, 5.74) is -1.00. The van der Waals surface area contributed by atoms with Crippen LogP contribution in [-0.4, -0.2) is 18.1 Å². The van der Waals surface area contributed by atoms with Gasteiger partial charge in [0.1, 0.15) is 23.0 Å². The molecule has 0 spiro atoms. The molecule has 2 N–H and O–H groups in total. The number of phenols is 1. The molecule has 2 aromatic carbocycles. The van der Waals surface area contributed by atoms with Gasteiger partial charge in [-0.3, -0.25) is 4.79 Å². The minimum atomic E-state index is -1.26. The minimum absolute atomic E-state index is 0.209. The van der Waals surface area contributed by atoms with E-state index in [4.69, 9.17) is 4.74 Å². The molecule has 0 unspecified atom stereocenters. The third-order valence-electron chi connectivity index (χ3n) is 2.69. The Bertz CT molecular complexity index is 681. The molecule has 0 radical (unpaired) electrons. The number of hydrogen-bond acceptors (Lipinski definition) is 3. The fraction of sp³-hybridized carbons (Fsp3) is 0.0714. The summed E-state index contributed by atoms with van der Waals surface area (Å²) < 4.78 is 44.5. The van der Waals surface area contributed by atoms with Gasteiger partial charge in [0.2, 0.25) is 0 Å². The number of benzene rings is 2. The van der Waals surface area contributed by atoms with E-state index in [2.05, 4.69) is 0 Å². The van der Waals surface area contributed by atoms with Crippen LogP contribution in [0.4, 0.5) is 18.9 Å². The monoisotopic (exact) mass is 297 g/mol. The molecule has 0 fully saturated rings. The zero-order valence-electron chi connectivity index (χ0n) is 10.8. The number of ether oxygens (including phenoxy) is 1. The Hall–Kier alpha value is -2.70. The quantitative estimate of drug-likeness (QED) is 0.915.